The van der Waals surface area contributed by atoms with Crippen molar-refractivity contribution in [3.63, 3.8) is 0 Å². The van der Waals surface area contributed by atoms with E-state index in [0.717, 1.165) is 84.6 Å². The number of aromatic amines is 2. The highest BCUT2D eigenvalue weighted by molar-refractivity contribution is 5.95. The Kier molecular flexibility index (Phi) is 7.43. The van der Waals surface area contributed by atoms with Gasteiger partial charge in [0.2, 0.25) is 0 Å². The molecule has 0 radical (unpaired) electrons. The van der Waals surface area contributed by atoms with Crippen molar-refractivity contribution in [1.29, 1.82) is 0 Å². The predicted molar refractivity (Wildman–Crippen MR) is 163 cm³/mol. The van der Waals surface area contributed by atoms with Gasteiger partial charge >= 0.3 is 11.9 Å². The van der Waals surface area contributed by atoms with E-state index < -0.39 is 11.9 Å². The second-order valence-corrected chi connectivity index (χ2v) is 10.9. The number of hydrogen-bond acceptors (Lipinski definition) is 4. The molecule has 0 fully saturated rings. The number of carboxylic acid groups (broad SMARTS) is 2. The van der Waals surface area contributed by atoms with Crippen LogP contribution in [0.15, 0.2) is 24.3 Å². The van der Waals surface area contributed by atoms with Gasteiger partial charge in [0.05, 0.1) is 22.8 Å². The quantitative estimate of drug-likeness (QED) is 0.244. The lowest BCUT2D eigenvalue weighted by Crippen LogP contribution is -1.98. The Morgan fingerprint density at radius 1 is 0.634 bits per heavy atom. The van der Waals surface area contributed by atoms with Crippen LogP contribution in [0.3, 0.4) is 0 Å². The number of hydrogen-bond donors (Lipinski definition) is 4. The van der Waals surface area contributed by atoms with E-state index in [2.05, 4.69) is 49.8 Å². The molecule has 0 saturated carbocycles. The number of carboxylic acids is 2. The number of carbonyl (C=O) groups is 2. The normalized spacial score (nSPS) is 13.3. The highest BCUT2D eigenvalue weighted by atomic mass is 16.4. The van der Waals surface area contributed by atoms with E-state index in [-0.39, 0.29) is 12.8 Å². The van der Waals surface area contributed by atoms with Crippen molar-refractivity contribution in [2.75, 3.05) is 0 Å². The minimum atomic E-state index is -0.869. The van der Waals surface area contributed by atoms with Gasteiger partial charge in [-0.25, -0.2) is 9.97 Å². The third-order valence-electron chi connectivity index (χ3n) is 8.52. The van der Waals surface area contributed by atoms with Gasteiger partial charge in [0.15, 0.2) is 0 Å². The van der Waals surface area contributed by atoms with Crippen molar-refractivity contribution in [3.05, 3.63) is 69.3 Å². The van der Waals surface area contributed by atoms with Gasteiger partial charge in [-0.3, -0.25) is 9.59 Å². The molecule has 4 N–H and O–H groups in total. The molecule has 8 nitrogen and oxygen atoms in total. The van der Waals surface area contributed by atoms with Gasteiger partial charge in [0.1, 0.15) is 0 Å². The van der Waals surface area contributed by atoms with Crippen LogP contribution < -0.4 is 0 Å². The summed E-state index contributed by atoms with van der Waals surface area (Å²) >= 11 is 0. The molecule has 3 aromatic rings. The van der Waals surface area contributed by atoms with Crippen molar-refractivity contribution in [1.82, 2.24) is 19.9 Å². The fourth-order valence-electron chi connectivity index (χ4n) is 5.85. The van der Waals surface area contributed by atoms with E-state index >= 15 is 0 Å². The van der Waals surface area contributed by atoms with Crippen LogP contribution >= 0.6 is 0 Å². The number of H-pyrrole nitrogens is 2. The summed E-state index contributed by atoms with van der Waals surface area (Å²) in [6.45, 7) is 12.4. The van der Waals surface area contributed by atoms with Crippen LogP contribution in [-0.4, -0.2) is 42.1 Å². The van der Waals surface area contributed by atoms with E-state index in [1.165, 1.54) is 5.56 Å². The zero-order valence-corrected chi connectivity index (χ0v) is 24.5. The first-order valence-corrected chi connectivity index (χ1v) is 14.0. The van der Waals surface area contributed by atoms with Gasteiger partial charge in [-0.05, 0) is 123 Å². The third kappa shape index (κ3) is 5.22. The summed E-state index contributed by atoms with van der Waals surface area (Å²) in [5, 5.41) is 18.9. The minimum absolute atomic E-state index is 0.00135. The number of fused-ring (bicyclic) bond motifs is 8. The Morgan fingerprint density at radius 3 is 1.73 bits per heavy atom. The molecule has 41 heavy (non-hydrogen) atoms. The predicted octanol–water partition coefficient (Wildman–Crippen LogP) is 7.26. The average Bonchev–Trinajstić information content (AvgIpc) is 3.56. The molecule has 0 atom stereocenters. The van der Waals surface area contributed by atoms with Crippen molar-refractivity contribution >= 4 is 56.3 Å². The highest BCUT2D eigenvalue weighted by Crippen LogP contribution is 2.36. The number of nitrogens with one attached hydrogen (secondary N) is 2. The number of allylic oxidation sites excluding steroid dienone is 4. The fourth-order valence-corrected chi connectivity index (χ4v) is 5.85. The second-order valence-electron chi connectivity index (χ2n) is 10.9. The maximum absolute atomic E-state index is 11.5. The summed E-state index contributed by atoms with van der Waals surface area (Å²) in [6.07, 6.45) is 1.56. The van der Waals surface area contributed by atoms with Crippen molar-refractivity contribution in [2.24, 2.45) is 0 Å². The number of rotatable bonds is 7. The Balaban J connectivity index is 1.92. The Morgan fingerprint density at radius 2 is 1.12 bits per heavy atom. The minimum Gasteiger partial charge on any atom is -0.481 e. The molecule has 5 heterocycles. The van der Waals surface area contributed by atoms with Gasteiger partial charge in [-0.1, -0.05) is 6.92 Å². The molecular formula is C33H36N4O4. The summed E-state index contributed by atoms with van der Waals surface area (Å²) in [5.74, 6) is -1.73. The number of aliphatic carboxylic acids is 2. The third-order valence-corrected chi connectivity index (χ3v) is 8.52. The molecule has 2 aliphatic rings. The Bertz CT molecular complexity index is 1840. The fraction of sp³-hybridized carbons (Fsp3) is 0.333. The molecular weight excluding hydrogens is 516 g/mol. The van der Waals surface area contributed by atoms with Gasteiger partial charge in [0, 0.05) is 34.9 Å². The zero-order chi connectivity index (χ0) is 29.6. The van der Waals surface area contributed by atoms with Crippen LogP contribution in [0.25, 0.3) is 44.4 Å². The van der Waals surface area contributed by atoms with Gasteiger partial charge in [-0.15, -0.1) is 0 Å². The molecule has 0 aliphatic carbocycles. The van der Waals surface area contributed by atoms with Crippen LogP contribution in [0.2, 0.25) is 0 Å². The van der Waals surface area contributed by atoms with E-state index in [9.17, 15) is 19.8 Å². The summed E-state index contributed by atoms with van der Waals surface area (Å²) in [4.78, 5) is 40.1. The molecule has 8 heteroatoms. The summed E-state index contributed by atoms with van der Waals surface area (Å²) in [7, 11) is 0. The molecule has 5 rings (SSSR count). The molecule has 0 aromatic carbocycles. The van der Waals surface area contributed by atoms with Gasteiger partial charge in [-0.2, -0.15) is 0 Å². The largest absolute Gasteiger partial charge is 0.481 e. The average molecular weight is 553 g/mol. The van der Waals surface area contributed by atoms with Crippen LogP contribution in [0.4, 0.5) is 0 Å². The maximum Gasteiger partial charge on any atom is 0.303 e. The number of aromatic nitrogens is 4. The first-order valence-electron chi connectivity index (χ1n) is 14.0. The van der Waals surface area contributed by atoms with Gasteiger partial charge in [0.25, 0.3) is 0 Å². The molecule has 0 amide bonds. The Labute approximate surface area is 238 Å². The molecule has 0 unspecified atom stereocenters. The number of aryl methyl sites for hydroxylation is 4. The molecule has 0 saturated heterocycles. The first-order chi connectivity index (χ1) is 19.5. The van der Waals surface area contributed by atoms with Crippen molar-refractivity contribution in [3.8, 4) is 0 Å². The standard InChI is InChI=1S/C33H36N4O4/c1-7-21-18(4)26-13-28-20(6)23(9-11-33(40)41)31(37-28)15-30-22(8-10-32(38)39)19(5)27(36-30)12-24-16(2)17(3)25(34-24)14-29(21)35-26/h12-15,35,37H,7-11H2,1-6H3,(H,38,39)(H,40,41). The van der Waals surface area contributed by atoms with E-state index in [1.54, 1.807) is 0 Å². The van der Waals surface area contributed by atoms with Crippen LogP contribution in [0, 0.1) is 13.8 Å². The molecule has 2 aliphatic heterocycles. The van der Waals surface area contributed by atoms with Gasteiger partial charge < -0.3 is 20.2 Å². The second kappa shape index (κ2) is 10.8. The summed E-state index contributed by atoms with van der Waals surface area (Å²) in [5.41, 5.74) is 15.1. The van der Waals surface area contributed by atoms with E-state index in [1.807, 2.05) is 26.0 Å². The van der Waals surface area contributed by atoms with Crippen LogP contribution in [0.5, 0.6) is 0 Å². The first kappa shape index (κ1) is 28.1. The van der Waals surface area contributed by atoms with E-state index in [0.29, 0.717) is 18.5 Å². The SMILES string of the molecule is CCc1c(C)c2cc3[nH]c(cc4nc(cc5nc(cc1[nH]2)C(C)=C5C)C(C)=C4CCC(=O)O)c(CCC(=O)O)c3C. The molecule has 212 valence electrons. The van der Waals surface area contributed by atoms with Crippen LogP contribution in [-0.2, 0) is 22.4 Å². The van der Waals surface area contributed by atoms with Crippen molar-refractivity contribution in [2.45, 2.75) is 73.6 Å². The lowest BCUT2D eigenvalue weighted by molar-refractivity contribution is -0.137. The Hall–Kier alpha value is -4.46. The topological polar surface area (TPSA) is 132 Å². The van der Waals surface area contributed by atoms with Crippen molar-refractivity contribution < 1.29 is 19.8 Å². The molecule has 0 spiro atoms. The molecule has 8 bridgehead atoms. The zero-order valence-electron chi connectivity index (χ0n) is 24.5. The summed E-state index contributed by atoms with van der Waals surface area (Å²) < 4.78 is 0. The van der Waals surface area contributed by atoms with Crippen LogP contribution in [0.1, 0.15) is 92.0 Å². The summed E-state index contributed by atoms with van der Waals surface area (Å²) in [6, 6.07) is 8.13. The lowest BCUT2D eigenvalue weighted by Gasteiger charge is -2.03. The monoisotopic (exact) mass is 552 g/mol. The highest BCUT2D eigenvalue weighted by Gasteiger charge is 2.21. The van der Waals surface area contributed by atoms with E-state index in [4.69, 9.17) is 9.97 Å². The smallest absolute Gasteiger partial charge is 0.303 e. The maximum atomic E-state index is 11.5. The number of nitrogens with zero attached hydrogens (tertiary/aromatic N) is 2. The molecule has 3 aromatic heterocycles. The lowest BCUT2D eigenvalue weighted by atomic mass is 10.00.